The molecule has 0 saturated heterocycles. The molecular formula is C14H14N2O. The summed E-state index contributed by atoms with van der Waals surface area (Å²) in [5, 5.41) is 15.2. The number of rotatable bonds is 1. The Hall–Kier alpha value is -1.87. The first kappa shape index (κ1) is 10.3. The smallest absolute Gasteiger partial charge is 0.109 e. The second-order valence-corrected chi connectivity index (χ2v) is 4.60. The van der Waals surface area contributed by atoms with Gasteiger partial charge in [-0.2, -0.15) is 0 Å². The van der Waals surface area contributed by atoms with E-state index in [9.17, 15) is 5.21 Å². The van der Waals surface area contributed by atoms with E-state index in [0.29, 0.717) is 0 Å². The van der Waals surface area contributed by atoms with E-state index < -0.39 is 0 Å². The van der Waals surface area contributed by atoms with Crippen molar-refractivity contribution in [1.82, 2.24) is 4.90 Å². The van der Waals surface area contributed by atoms with Crippen LogP contribution in [0.5, 0.6) is 0 Å². The van der Waals surface area contributed by atoms with Crippen LogP contribution in [-0.2, 0) is 0 Å². The van der Waals surface area contributed by atoms with E-state index in [1.165, 1.54) is 16.3 Å². The summed E-state index contributed by atoms with van der Waals surface area (Å²) in [6.07, 6.45) is 0. The minimum Gasteiger partial charge on any atom is -0.411 e. The predicted octanol–water partition coefficient (Wildman–Crippen LogP) is 2.63. The summed E-state index contributed by atoms with van der Waals surface area (Å²) in [6, 6.07) is 12.4. The largest absolute Gasteiger partial charge is 0.411 e. The molecule has 3 heteroatoms. The Kier molecular flexibility index (Phi) is 2.16. The number of benzene rings is 2. The quantitative estimate of drug-likeness (QED) is 0.599. The molecule has 0 aliphatic heterocycles. The van der Waals surface area contributed by atoms with E-state index in [-0.39, 0.29) is 6.04 Å². The molecule has 86 valence electrons. The molecule has 1 aliphatic carbocycles. The Labute approximate surface area is 100.0 Å². The second kappa shape index (κ2) is 3.57. The van der Waals surface area contributed by atoms with E-state index in [0.717, 1.165) is 11.3 Å². The summed E-state index contributed by atoms with van der Waals surface area (Å²) in [5.41, 5.74) is 3.00. The Morgan fingerprint density at radius 3 is 2.47 bits per heavy atom. The molecule has 0 spiro atoms. The van der Waals surface area contributed by atoms with Crippen molar-refractivity contribution >= 4 is 16.5 Å². The normalized spacial score (nSPS) is 20.6. The minimum atomic E-state index is 0.0427. The fraction of sp³-hybridized carbons (Fsp3) is 0.214. The van der Waals surface area contributed by atoms with Crippen LogP contribution in [0.4, 0.5) is 0 Å². The molecule has 0 fully saturated rings. The summed E-state index contributed by atoms with van der Waals surface area (Å²) in [7, 11) is 4.00. The van der Waals surface area contributed by atoms with E-state index >= 15 is 0 Å². The zero-order chi connectivity index (χ0) is 12.0. The highest BCUT2D eigenvalue weighted by Crippen LogP contribution is 2.39. The van der Waals surface area contributed by atoms with Gasteiger partial charge in [0.05, 0.1) is 6.04 Å². The second-order valence-electron chi connectivity index (χ2n) is 4.60. The topological polar surface area (TPSA) is 35.8 Å². The van der Waals surface area contributed by atoms with Crippen molar-refractivity contribution in [2.24, 2.45) is 5.16 Å². The van der Waals surface area contributed by atoms with Crippen molar-refractivity contribution in [3.05, 3.63) is 47.5 Å². The van der Waals surface area contributed by atoms with Crippen molar-refractivity contribution in [3.8, 4) is 0 Å². The minimum absolute atomic E-state index is 0.0427. The van der Waals surface area contributed by atoms with Crippen LogP contribution in [0.3, 0.4) is 0 Å². The fourth-order valence-corrected chi connectivity index (χ4v) is 2.74. The number of hydrogen-bond acceptors (Lipinski definition) is 3. The van der Waals surface area contributed by atoms with Crippen LogP contribution in [-0.4, -0.2) is 29.9 Å². The molecule has 0 amide bonds. The summed E-state index contributed by atoms with van der Waals surface area (Å²) in [6.45, 7) is 0. The van der Waals surface area contributed by atoms with Crippen molar-refractivity contribution in [2.45, 2.75) is 6.04 Å². The Bertz CT molecular complexity index is 611. The van der Waals surface area contributed by atoms with Gasteiger partial charge in [0.15, 0.2) is 0 Å². The van der Waals surface area contributed by atoms with Gasteiger partial charge < -0.3 is 5.21 Å². The lowest BCUT2D eigenvalue weighted by Gasteiger charge is -2.20. The highest BCUT2D eigenvalue weighted by atomic mass is 16.4. The molecule has 0 heterocycles. The molecule has 0 saturated carbocycles. The highest BCUT2D eigenvalue weighted by molar-refractivity contribution is 6.20. The molecule has 1 aliphatic rings. The number of oxime groups is 1. The lowest BCUT2D eigenvalue weighted by Crippen LogP contribution is -2.24. The Balaban J connectivity index is 2.40. The van der Waals surface area contributed by atoms with E-state index in [1.54, 1.807) is 0 Å². The monoisotopic (exact) mass is 226 g/mol. The maximum absolute atomic E-state index is 9.27. The van der Waals surface area contributed by atoms with Crippen LogP contribution in [0.25, 0.3) is 10.8 Å². The third-order valence-electron chi connectivity index (χ3n) is 3.39. The molecule has 17 heavy (non-hydrogen) atoms. The Morgan fingerprint density at radius 2 is 1.82 bits per heavy atom. The molecule has 1 atom stereocenters. The molecule has 0 aromatic heterocycles. The van der Waals surface area contributed by atoms with Crippen LogP contribution < -0.4 is 0 Å². The van der Waals surface area contributed by atoms with Gasteiger partial charge in [-0.25, -0.2) is 0 Å². The average Bonchev–Trinajstić information content (AvgIpc) is 2.66. The van der Waals surface area contributed by atoms with Gasteiger partial charge in [0, 0.05) is 5.56 Å². The van der Waals surface area contributed by atoms with E-state index in [2.05, 4.69) is 34.3 Å². The number of likely N-dealkylation sites (N-methyl/N-ethyl adjacent to an activating group) is 1. The van der Waals surface area contributed by atoms with Crippen LogP contribution in [0.2, 0.25) is 0 Å². The maximum Gasteiger partial charge on any atom is 0.109 e. The first-order valence-corrected chi connectivity index (χ1v) is 5.64. The predicted molar refractivity (Wildman–Crippen MR) is 68.7 cm³/mol. The molecule has 3 rings (SSSR count). The first-order chi connectivity index (χ1) is 8.24. The third-order valence-corrected chi connectivity index (χ3v) is 3.39. The van der Waals surface area contributed by atoms with Crippen LogP contribution in [0.15, 0.2) is 41.6 Å². The van der Waals surface area contributed by atoms with Gasteiger partial charge in [0.2, 0.25) is 0 Å². The highest BCUT2D eigenvalue weighted by Gasteiger charge is 2.32. The summed E-state index contributed by atoms with van der Waals surface area (Å²) < 4.78 is 0. The van der Waals surface area contributed by atoms with Gasteiger partial charge in [0.25, 0.3) is 0 Å². The summed E-state index contributed by atoms with van der Waals surface area (Å²) in [5.74, 6) is 0. The SMILES string of the molecule is CN(C)C1/C(=N\O)c2cccc3cccc1c23. The summed E-state index contributed by atoms with van der Waals surface area (Å²) in [4.78, 5) is 2.07. The van der Waals surface area contributed by atoms with E-state index in [4.69, 9.17) is 0 Å². The average molecular weight is 226 g/mol. The van der Waals surface area contributed by atoms with Gasteiger partial charge >= 0.3 is 0 Å². The van der Waals surface area contributed by atoms with Gasteiger partial charge in [-0.05, 0) is 30.4 Å². The Morgan fingerprint density at radius 1 is 1.12 bits per heavy atom. The molecular weight excluding hydrogens is 212 g/mol. The lowest BCUT2D eigenvalue weighted by molar-refractivity contribution is 0.305. The molecule has 1 unspecified atom stereocenters. The molecule has 3 nitrogen and oxygen atoms in total. The van der Waals surface area contributed by atoms with Gasteiger partial charge in [-0.15, -0.1) is 0 Å². The van der Waals surface area contributed by atoms with Crippen molar-refractivity contribution in [1.29, 1.82) is 0 Å². The van der Waals surface area contributed by atoms with E-state index in [1.807, 2.05) is 26.2 Å². The van der Waals surface area contributed by atoms with Crippen molar-refractivity contribution < 1.29 is 5.21 Å². The summed E-state index contributed by atoms with van der Waals surface area (Å²) >= 11 is 0. The molecule has 1 N–H and O–H groups in total. The number of hydrogen-bond donors (Lipinski definition) is 1. The molecule has 2 aromatic rings. The van der Waals surface area contributed by atoms with Gasteiger partial charge in [0.1, 0.15) is 5.71 Å². The first-order valence-electron chi connectivity index (χ1n) is 5.64. The van der Waals surface area contributed by atoms with Gasteiger partial charge in [-0.3, -0.25) is 4.90 Å². The number of nitrogens with zero attached hydrogens (tertiary/aromatic N) is 2. The molecule has 0 bridgehead atoms. The fourth-order valence-electron chi connectivity index (χ4n) is 2.74. The molecule has 0 radical (unpaired) electrons. The lowest BCUT2D eigenvalue weighted by atomic mass is 10.0. The third kappa shape index (κ3) is 1.29. The van der Waals surface area contributed by atoms with Crippen molar-refractivity contribution in [3.63, 3.8) is 0 Å². The maximum atomic E-state index is 9.27. The van der Waals surface area contributed by atoms with Crippen LogP contribution in [0.1, 0.15) is 17.2 Å². The zero-order valence-corrected chi connectivity index (χ0v) is 9.88. The molecule has 2 aromatic carbocycles. The van der Waals surface area contributed by atoms with Crippen LogP contribution in [0, 0.1) is 0 Å². The zero-order valence-electron chi connectivity index (χ0n) is 9.88. The standard InChI is InChI=1S/C14H14N2O/c1-16(2)14-11-8-4-6-9-5-3-7-10(12(9)11)13(14)15-17/h3-8,14,17H,1-2H3/b15-13-. The van der Waals surface area contributed by atoms with Crippen molar-refractivity contribution in [2.75, 3.05) is 14.1 Å². The van der Waals surface area contributed by atoms with Gasteiger partial charge in [-0.1, -0.05) is 41.6 Å². The van der Waals surface area contributed by atoms with Crippen LogP contribution >= 0.6 is 0 Å².